The summed E-state index contributed by atoms with van der Waals surface area (Å²) in [6.45, 7) is 2.75. The molecule has 2 aromatic rings. The van der Waals surface area contributed by atoms with E-state index in [0.717, 1.165) is 38.1 Å². The summed E-state index contributed by atoms with van der Waals surface area (Å²) >= 11 is 1.70. The van der Waals surface area contributed by atoms with E-state index in [4.69, 9.17) is 4.74 Å². The summed E-state index contributed by atoms with van der Waals surface area (Å²) in [5, 5.41) is 2.08. The van der Waals surface area contributed by atoms with Crippen LogP contribution in [0.5, 0.6) is 5.75 Å². The molecule has 0 amide bonds. The summed E-state index contributed by atoms with van der Waals surface area (Å²) in [5.41, 5.74) is -0.443. The lowest BCUT2D eigenvalue weighted by molar-refractivity contribution is -0.120. The average Bonchev–Trinajstić information content (AvgIpc) is 3.22. The smallest absolute Gasteiger partial charge is 0.145 e. The number of hydrogen-bond acceptors (Lipinski definition) is 4. The molecule has 0 radical (unpaired) electrons. The van der Waals surface area contributed by atoms with Crippen molar-refractivity contribution in [2.75, 3.05) is 19.7 Å². The number of nitrogens with zero attached hydrogens (tertiary/aromatic N) is 1. The van der Waals surface area contributed by atoms with E-state index < -0.39 is 5.54 Å². The number of para-hydroxylation sites is 1. The third-order valence-corrected chi connectivity index (χ3v) is 6.06. The van der Waals surface area contributed by atoms with Gasteiger partial charge in [0.1, 0.15) is 17.6 Å². The van der Waals surface area contributed by atoms with Crippen LogP contribution in [0, 0.1) is 0 Å². The van der Waals surface area contributed by atoms with Crippen LogP contribution in [0.4, 0.5) is 0 Å². The highest BCUT2D eigenvalue weighted by atomic mass is 32.1. The lowest BCUT2D eigenvalue weighted by Crippen LogP contribution is -2.49. The molecule has 2 heterocycles. The third-order valence-electron chi connectivity index (χ3n) is 5.03. The summed E-state index contributed by atoms with van der Waals surface area (Å²) in [6.07, 6.45) is 7.68. The van der Waals surface area contributed by atoms with Gasteiger partial charge in [0.15, 0.2) is 0 Å². The first kappa shape index (κ1) is 18.2. The van der Waals surface area contributed by atoms with Crippen molar-refractivity contribution in [3.05, 3.63) is 52.7 Å². The SMILES string of the molecule is O=CC(CCCCOc1ccccc1)(c1cccs1)N1CCCCC1. The monoisotopic (exact) mass is 357 g/mol. The molecular formula is C21H27NO2S. The zero-order chi connectivity index (χ0) is 17.4. The van der Waals surface area contributed by atoms with E-state index in [0.29, 0.717) is 6.61 Å². The van der Waals surface area contributed by atoms with Gasteiger partial charge in [0, 0.05) is 4.88 Å². The van der Waals surface area contributed by atoms with Crippen molar-refractivity contribution in [1.82, 2.24) is 4.90 Å². The quantitative estimate of drug-likeness (QED) is 0.473. The number of carbonyl (C=O) groups excluding carboxylic acids is 1. The van der Waals surface area contributed by atoms with Crippen molar-refractivity contribution in [2.24, 2.45) is 0 Å². The first-order valence-electron chi connectivity index (χ1n) is 9.28. The third kappa shape index (κ3) is 4.50. The van der Waals surface area contributed by atoms with Crippen LogP contribution in [-0.4, -0.2) is 30.9 Å². The Balaban J connectivity index is 1.59. The van der Waals surface area contributed by atoms with Gasteiger partial charge in [-0.3, -0.25) is 4.90 Å². The molecule has 3 nitrogen and oxygen atoms in total. The predicted molar refractivity (Wildman–Crippen MR) is 103 cm³/mol. The maximum Gasteiger partial charge on any atom is 0.145 e. The van der Waals surface area contributed by atoms with E-state index in [9.17, 15) is 4.79 Å². The largest absolute Gasteiger partial charge is 0.494 e. The van der Waals surface area contributed by atoms with Crippen molar-refractivity contribution in [3.63, 3.8) is 0 Å². The highest BCUT2D eigenvalue weighted by molar-refractivity contribution is 7.10. The van der Waals surface area contributed by atoms with E-state index in [1.54, 1.807) is 11.3 Å². The second-order valence-electron chi connectivity index (χ2n) is 6.69. The van der Waals surface area contributed by atoms with E-state index in [2.05, 4.69) is 22.4 Å². The van der Waals surface area contributed by atoms with Crippen LogP contribution in [0.3, 0.4) is 0 Å². The lowest BCUT2D eigenvalue weighted by Gasteiger charge is -2.41. The standard InChI is InChI=1S/C21H27NO2S/c23-18-21(20-12-9-17-25-20,22-14-6-2-7-15-22)13-5-8-16-24-19-10-3-1-4-11-19/h1,3-4,9-12,17-18H,2,5-8,13-16H2. The molecule has 1 aliphatic rings. The number of piperidine rings is 1. The minimum atomic E-state index is -0.443. The van der Waals surface area contributed by atoms with Crippen molar-refractivity contribution < 1.29 is 9.53 Å². The molecule has 1 saturated heterocycles. The molecule has 1 atom stereocenters. The summed E-state index contributed by atoms with van der Waals surface area (Å²) < 4.78 is 5.79. The van der Waals surface area contributed by atoms with Gasteiger partial charge in [0.2, 0.25) is 0 Å². The highest BCUT2D eigenvalue weighted by Crippen LogP contribution is 2.37. The molecule has 0 bridgehead atoms. The molecule has 1 aromatic heterocycles. The van der Waals surface area contributed by atoms with Crippen molar-refractivity contribution in [3.8, 4) is 5.75 Å². The van der Waals surface area contributed by atoms with Gasteiger partial charge in [0.25, 0.3) is 0 Å². The van der Waals surface area contributed by atoms with Gasteiger partial charge in [-0.2, -0.15) is 0 Å². The Morgan fingerprint density at radius 2 is 1.84 bits per heavy atom. The Labute approximate surface area is 154 Å². The van der Waals surface area contributed by atoms with Gasteiger partial charge in [-0.25, -0.2) is 0 Å². The number of ether oxygens (including phenoxy) is 1. The van der Waals surface area contributed by atoms with Gasteiger partial charge < -0.3 is 9.53 Å². The Hall–Kier alpha value is -1.65. The maximum atomic E-state index is 12.2. The second kappa shape index (κ2) is 9.16. The Morgan fingerprint density at radius 3 is 2.52 bits per heavy atom. The summed E-state index contributed by atoms with van der Waals surface area (Å²) in [4.78, 5) is 15.8. The molecule has 25 heavy (non-hydrogen) atoms. The van der Waals surface area contributed by atoms with E-state index >= 15 is 0 Å². The Bertz CT molecular complexity index is 623. The number of thiophene rings is 1. The van der Waals surface area contributed by atoms with E-state index in [1.165, 1.54) is 30.4 Å². The van der Waals surface area contributed by atoms with Gasteiger partial charge in [-0.1, -0.05) is 30.7 Å². The van der Waals surface area contributed by atoms with Gasteiger partial charge in [-0.15, -0.1) is 11.3 Å². The van der Waals surface area contributed by atoms with E-state index in [1.807, 2.05) is 30.3 Å². The summed E-state index contributed by atoms with van der Waals surface area (Å²) in [7, 11) is 0. The van der Waals surface area contributed by atoms with Crippen LogP contribution in [0.15, 0.2) is 47.8 Å². The van der Waals surface area contributed by atoms with Crippen LogP contribution in [0.2, 0.25) is 0 Å². The molecule has 0 aliphatic carbocycles. The minimum absolute atomic E-state index is 0.443. The lowest BCUT2D eigenvalue weighted by atomic mass is 9.88. The Morgan fingerprint density at radius 1 is 1.04 bits per heavy atom. The van der Waals surface area contributed by atoms with Gasteiger partial charge in [0.05, 0.1) is 6.61 Å². The average molecular weight is 358 g/mol. The number of unbranched alkanes of at least 4 members (excludes halogenated alkanes) is 1. The molecule has 3 rings (SSSR count). The van der Waals surface area contributed by atoms with Crippen molar-refractivity contribution in [1.29, 1.82) is 0 Å². The molecule has 1 fully saturated rings. The first-order valence-corrected chi connectivity index (χ1v) is 10.2. The van der Waals surface area contributed by atoms with Crippen LogP contribution >= 0.6 is 11.3 Å². The molecule has 1 aromatic carbocycles. The highest BCUT2D eigenvalue weighted by Gasteiger charge is 2.39. The number of hydrogen-bond donors (Lipinski definition) is 0. The van der Waals surface area contributed by atoms with Gasteiger partial charge in [-0.05, 0) is 68.8 Å². The topological polar surface area (TPSA) is 29.5 Å². The molecule has 0 spiro atoms. The molecule has 134 valence electrons. The number of carbonyl (C=O) groups is 1. The fourth-order valence-corrected chi connectivity index (χ4v) is 4.59. The number of benzene rings is 1. The minimum Gasteiger partial charge on any atom is -0.494 e. The number of rotatable bonds is 9. The summed E-state index contributed by atoms with van der Waals surface area (Å²) in [5.74, 6) is 0.915. The normalized spacial score (nSPS) is 17.8. The van der Waals surface area contributed by atoms with Crippen LogP contribution in [0.25, 0.3) is 0 Å². The molecular weight excluding hydrogens is 330 g/mol. The predicted octanol–water partition coefficient (Wildman–Crippen LogP) is 4.88. The fourth-order valence-electron chi connectivity index (χ4n) is 3.65. The van der Waals surface area contributed by atoms with Crippen molar-refractivity contribution >= 4 is 17.6 Å². The fraction of sp³-hybridized carbons (Fsp3) is 0.476. The van der Waals surface area contributed by atoms with E-state index in [-0.39, 0.29) is 0 Å². The van der Waals surface area contributed by atoms with Gasteiger partial charge >= 0.3 is 0 Å². The van der Waals surface area contributed by atoms with Crippen LogP contribution < -0.4 is 4.74 Å². The Kier molecular flexibility index (Phi) is 6.65. The molecule has 4 heteroatoms. The van der Waals surface area contributed by atoms with Crippen LogP contribution in [0.1, 0.15) is 43.4 Å². The molecule has 0 N–H and O–H groups in total. The van der Waals surface area contributed by atoms with Crippen molar-refractivity contribution in [2.45, 2.75) is 44.1 Å². The molecule has 1 aliphatic heterocycles. The number of likely N-dealkylation sites (tertiary alicyclic amines) is 1. The maximum absolute atomic E-state index is 12.2. The zero-order valence-electron chi connectivity index (χ0n) is 14.7. The number of aldehydes is 1. The summed E-state index contributed by atoms with van der Waals surface area (Å²) in [6, 6.07) is 14.1. The zero-order valence-corrected chi connectivity index (χ0v) is 15.5. The molecule has 1 unspecified atom stereocenters. The van der Waals surface area contributed by atoms with Crippen LogP contribution in [-0.2, 0) is 10.3 Å². The second-order valence-corrected chi connectivity index (χ2v) is 7.63. The first-order chi connectivity index (χ1) is 12.3. The molecule has 0 saturated carbocycles.